The number of benzene rings is 1. The molecule has 21 heavy (non-hydrogen) atoms. The summed E-state index contributed by atoms with van der Waals surface area (Å²) in [6, 6.07) is 5.49. The van der Waals surface area contributed by atoms with Crippen molar-refractivity contribution in [2.75, 3.05) is 12.3 Å². The van der Waals surface area contributed by atoms with Gasteiger partial charge in [-0.15, -0.1) is 0 Å². The molecule has 0 aliphatic heterocycles. The summed E-state index contributed by atoms with van der Waals surface area (Å²) >= 11 is 11.6. The van der Waals surface area contributed by atoms with E-state index < -0.39 is 11.8 Å². The normalized spacial score (nSPS) is 10.5. The van der Waals surface area contributed by atoms with Gasteiger partial charge in [-0.05, 0) is 31.2 Å². The van der Waals surface area contributed by atoms with E-state index in [4.69, 9.17) is 33.7 Å². The predicted octanol–water partition coefficient (Wildman–Crippen LogP) is 3.95. The number of nitrogens with two attached hydrogens (primary N) is 1. The molecule has 0 aliphatic carbocycles. The average Bonchev–Trinajstić information content (AvgIpc) is 2.42. The van der Waals surface area contributed by atoms with Crippen molar-refractivity contribution in [2.45, 2.75) is 6.92 Å². The highest BCUT2D eigenvalue weighted by Crippen LogP contribution is 2.30. The van der Waals surface area contributed by atoms with Gasteiger partial charge in [-0.1, -0.05) is 23.2 Å². The van der Waals surface area contributed by atoms with Gasteiger partial charge in [-0.25, -0.2) is 14.2 Å². The third-order valence-corrected chi connectivity index (χ3v) is 3.29. The monoisotopic (exact) mass is 328 g/mol. The molecule has 1 heterocycles. The van der Waals surface area contributed by atoms with Crippen molar-refractivity contribution in [2.24, 2.45) is 0 Å². The van der Waals surface area contributed by atoms with Crippen LogP contribution < -0.4 is 5.73 Å². The maximum absolute atomic E-state index is 13.9. The standard InChI is InChI=1S/C14H11Cl2FN2O2/c1-2-21-14(20)13-12(16)10(18)6-11(19-13)8-4-3-7(15)5-9(8)17/h3-6H,2H2,1H3,(H2,18,19). The first-order valence-electron chi connectivity index (χ1n) is 6.02. The number of nitrogen functional groups attached to an aromatic ring is 1. The van der Waals surface area contributed by atoms with Gasteiger partial charge < -0.3 is 10.5 Å². The molecule has 0 atom stereocenters. The molecule has 0 fully saturated rings. The van der Waals surface area contributed by atoms with Gasteiger partial charge in [0.05, 0.1) is 23.0 Å². The molecule has 7 heteroatoms. The summed E-state index contributed by atoms with van der Waals surface area (Å²) in [5, 5.41) is 0.232. The Balaban J connectivity index is 2.57. The molecular weight excluding hydrogens is 318 g/mol. The summed E-state index contributed by atoms with van der Waals surface area (Å²) in [5.41, 5.74) is 6.04. The zero-order chi connectivity index (χ0) is 15.6. The number of aromatic nitrogens is 1. The minimum atomic E-state index is -0.717. The van der Waals surface area contributed by atoms with Crippen LogP contribution in [0.4, 0.5) is 10.1 Å². The lowest BCUT2D eigenvalue weighted by atomic mass is 10.1. The Hall–Kier alpha value is -1.85. The summed E-state index contributed by atoms with van der Waals surface area (Å²) in [4.78, 5) is 15.8. The molecule has 0 aliphatic rings. The zero-order valence-corrected chi connectivity index (χ0v) is 12.5. The van der Waals surface area contributed by atoms with Gasteiger partial charge in [0.15, 0.2) is 5.69 Å². The van der Waals surface area contributed by atoms with Crippen molar-refractivity contribution in [1.29, 1.82) is 0 Å². The molecule has 0 spiro atoms. The quantitative estimate of drug-likeness (QED) is 0.866. The number of anilines is 1. The predicted molar refractivity (Wildman–Crippen MR) is 80.0 cm³/mol. The van der Waals surface area contributed by atoms with Crippen LogP contribution in [0.3, 0.4) is 0 Å². The van der Waals surface area contributed by atoms with Crippen molar-refractivity contribution in [3.8, 4) is 11.3 Å². The van der Waals surface area contributed by atoms with E-state index in [0.29, 0.717) is 0 Å². The summed E-state index contributed by atoms with van der Waals surface area (Å²) in [7, 11) is 0. The number of halogens is 3. The molecule has 2 rings (SSSR count). The second kappa shape index (κ2) is 6.28. The number of nitrogens with zero attached hydrogens (tertiary/aromatic N) is 1. The number of hydrogen-bond donors (Lipinski definition) is 1. The number of rotatable bonds is 3. The smallest absolute Gasteiger partial charge is 0.358 e. The third-order valence-electron chi connectivity index (χ3n) is 2.66. The second-order valence-electron chi connectivity index (χ2n) is 4.10. The summed E-state index contributed by atoms with van der Waals surface area (Å²) in [6.45, 7) is 1.81. The molecule has 1 aromatic heterocycles. The van der Waals surface area contributed by atoms with E-state index in [-0.39, 0.29) is 39.3 Å². The number of esters is 1. The van der Waals surface area contributed by atoms with Crippen LogP contribution in [-0.2, 0) is 4.74 Å². The van der Waals surface area contributed by atoms with E-state index in [0.717, 1.165) is 6.07 Å². The molecule has 0 saturated heterocycles. The van der Waals surface area contributed by atoms with Gasteiger partial charge >= 0.3 is 5.97 Å². The molecule has 0 amide bonds. The van der Waals surface area contributed by atoms with E-state index in [1.807, 2.05) is 0 Å². The lowest BCUT2D eigenvalue weighted by Gasteiger charge is -2.10. The minimum Gasteiger partial charge on any atom is -0.461 e. The minimum absolute atomic E-state index is 0.0217. The Labute approximate surface area is 130 Å². The maximum Gasteiger partial charge on any atom is 0.358 e. The molecule has 110 valence electrons. The van der Waals surface area contributed by atoms with Crippen LogP contribution in [0.25, 0.3) is 11.3 Å². The molecule has 2 N–H and O–H groups in total. The summed E-state index contributed by atoms with van der Waals surface area (Å²) in [5.74, 6) is -1.29. The first-order chi connectivity index (χ1) is 9.93. The van der Waals surface area contributed by atoms with E-state index in [9.17, 15) is 9.18 Å². The summed E-state index contributed by atoms with van der Waals surface area (Å²) < 4.78 is 18.8. The second-order valence-corrected chi connectivity index (χ2v) is 4.92. The summed E-state index contributed by atoms with van der Waals surface area (Å²) in [6.07, 6.45) is 0. The highest BCUT2D eigenvalue weighted by molar-refractivity contribution is 6.35. The van der Waals surface area contributed by atoms with Crippen LogP contribution in [0.1, 0.15) is 17.4 Å². The van der Waals surface area contributed by atoms with Crippen LogP contribution in [0.15, 0.2) is 24.3 Å². The van der Waals surface area contributed by atoms with Crippen LogP contribution in [-0.4, -0.2) is 17.6 Å². The fraction of sp³-hybridized carbons (Fsp3) is 0.143. The molecule has 4 nitrogen and oxygen atoms in total. The molecule has 2 aromatic rings. The van der Waals surface area contributed by atoms with E-state index in [1.54, 1.807) is 6.92 Å². The fourth-order valence-corrected chi connectivity index (χ4v) is 2.05. The van der Waals surface area contributed by atoms with Gasteiger partial charge in [0.2, 0.25) is 0 Å². The Morgan fingerprint density at radius 3 is 2.71 bits per heavy atom. The van der Waals surface area contributed by atoms with Crippen molar-refractivity contribution in [3.05, 3.63) is 45.8 Å². The zero-order valence-electron chi connectivity index (χ0n) is 11.0. The lowest BCUT2D eigenvalue weighted by molar-refractivity contribution is 0.0520. The number of carbonyl (C=O) groups excluding carboxylic acids is 1. The maximum atomic E-state index is 13.9. The van der Waals surface area contributed by atoms with Crippen LogP contribution in [0.5, 0.6) is 0 Å². The van der Waals surface area contributed by atoms with Crippen LogP contribution in [0.2, 0.25) is 10.0 Å². The van der Waals surface area contributed by atoms with Gasteiger partial charge in [0, 0.05) is 10.6 Å². The first-order valence-corrected chi connectivity index (χ1v) is 6.78. The molecule has 0 bridgehead atoms. The number of ether oxygens (including phenoxy) is 1. The topological polar surface area (TPSA) is 65.2 Å². The van der Waals surface area contributed by atoms with Crippen molar-refractivity contribution in [1.82, 2.24) is 4.98 Å². The third kappa shape index (κ3) is 3.25. The van der Waals surface area contributed by atoms with Gasteiger partial charge in [-0.3, -0.25) is 0 Å². The van der Waals surface area contributed by atoms with E-state index in [2.05, 4.69) is 4.98 Å². The van der Waals surface area contributed by atoms with E-state index in [1.165, 1.54) is 18.2 Å². The molecule has 0 radical (unpaired) electrons. The van der Waals surface area contributed by atoms with Gasteiger partial charge in [0.25, 0.3) is 0 Å². The molecule has 1 aromatic carbocycles. The Bertz CT molecular complexity index is 708. The highest BCUT2D eigenvalue weighted by atomic mass is 35.5. The largest absolute Gasteiger partial charge is 0.461 e. The number of hydrogen-bond acceptors (Lipinski definition) is 4. The van der Waals surface area contributed by atoms with Crippen molar-refractivity contribution in [3.63, 3.8) is 0 Å². The van der Waals surface area contributed by atoms with Gasteiger partial charge in [-0.2, -0.15) is 0 Å². The van der Waals surface area contributed by atoms with Crippen molar-refractivity contribution < 1.29 is 13.9 Å². The Kier molecular flexibility index (Phi) is 4.65. The fourth-order valence-electron chi connectivity index (χ4n) is 1.72. The average molecular weight is 329 g/mol. The van der Waals surface area contributed by atoms with Crippen molar-refractivity contribution >= 4 is 34.9 Å². The SMILES string of the molecule is CCOC(=O)c1nc(-c2ccc(Cl)cc2F)cc(N)c1Cl. The van der Waals surface area contributed by atoms with Crippen LogP contribution >= 0.6 is 23.2 Å². The molecule has 0 unspecified atom stereocenters. The first kappa shape index (κ1) is 15.5. The lowest BCUT2D eigenvalue weighted by Crippen LogP contribution is -2.10. The van der Waals surface area contributed by atoms with Crippen LogP contribution in [0, 0.1) is 5.82 Å². The van der Waals surface area contributed by atoms with E-state index >= 15 is 0 Å². The number of carbonyl (C=O) groups is 1. The number of pyridine rings is 1. The molecular formula is C14H11Cl2FN2O2. The Morgan fingerprint density at radius 2 is 2.10 bits per heavy atom. The van der Waals surface area contributed by atoms with Gasteiger partial charge in [0.1, 0.15) is 5.82 Å². The Morgan fingerprint density at radius 1 is 1.38 bits per heavy atom. The highest BCUT2D eigenvalue weighted by Gasteiger charge is 2.19. The molecule has 0 saturated carbocycles.